The summed E-state index contributed by atoms with van der Waals surface area (Å²) < 4.78 is 26.3. The number of benzene rings is 1. The molecule has 0 aliphatic heterocycles. The molecule has 1 amide bonds. The molecule has 1 aromatic rings. The smallest absolute Gasteiger partial charge is 0.241 e. The van der Waals surface area contributed by atoms with E-state index in [1.54, 1.807) is 0 Å². The third-order valence-electron chi connectivity index (χ3n) is 1.92. The number of hydrogen-bond acceptors (Lipinski definition) is 2. The molecule has 0 unspecified atom stereocenters. The molecule has 0 radical (unpaired) electrons. The second-order valence-electron chi connectivity index (χ2n) is 3.36. The molecule has 82 valence electrons. The van der Waals surface area contributed by atoms with Gasteiger partial charge in [-0.05, 0) is 25.5 Å². The standard InChI is InChI=1S/C10H12F2N2O/c1-5-3-8(12)9(4-7(5)11)14-10(15)6(2)13/h3-4,6H,13H2,1-2H3,(H,14,15)/t6-/m0/s1. The van der Waals surface area contributed by atoms with Gasteiger partial charge >= 0.3 is 0 Å². The highest BCUT2D eigenvalue weighted by Gasteiger charge is 2.12. The quantitative estimate of drug-likeness (QED) is 0.784. The van der Waals surface area contributed by atoms with Crippen LogP contribution in [0, 0.1) is 18.6 Å². The molecule has 3 N–H and O–H groups in total. The molecule has 3 nitrogen and oxygen atoms in total. The molecule has 0 aliphatic carbocycles. The maximum Gasteiger partial charge on any atom is 0.241 e. The van der Waals surface area contributed by atoms with E-state index in [1.165, 1.54) is 13.8 Å². The zero-order chi connectivity index (χ0) is 11.6. The lowest BCUT2D eigenvalue weighted by atomic mass is 10.2. The molecule has 0 heterocycles. The Labute approximate surface area is 86.3 Å². The zero-order valence-corrected chi connectivity index (χ0v) is 8.47. The lowest BCUT2D eigenvalue weighted by Gasteiger charge is -2.09. The number of aryl methyl sites for hydroxylation is 1. The van der Waals surface area contributed by atoms with Crippen molar-refractivity contribution >= 4 is 11.6 Å². The number of halogens is 2. The number of nitrogens with one attached hydrogen (secondary N) is 1. The molecule has 5 heteroatoms. The fourth-order valence-electron chi connectivity index (χ4n) is 0.989. The first-order valence-corrected chi connectivity index (χ1v) is 4.44. The Balaban J connectivity index is 2.96. The first kappa shape index (κ1) is 11.6. The van der Waals surface area contributed by atoms with E-state index in [2.05, 4.69) is 5.32 Å². The molecule has 0 aromatic heterocycles. The third-order valence-corrected chi connectivity index (χ3v) is 1.92. The number of nitrogens with two attached hydrogens (primary N) is 1. The summed E-state index contributed by atoms with van der Waals surface area (Å²) in [5.74, 6) is -1.81. The van der Waals surface area contributed by atoms with Gasteiger partial charge in [0.25, 0.3) is 0 Å². The Morgan fingerprint density at radius 2 is 2.00 bits per heavy atom. The normalized spacial score (nSPS) is 12.3. The van der Waals surface area contributed by atoms with Crippen molar-refractivity contribution in [1.82, 2.24) is 0 Å². The summed E-state index contributed by atoms with van der Waals surface area (Å²) in [7, 11) is 0. The zero-order valence-electron chi connectivity index (χ0n) is 8.47. The fourth-order valence-corrected chi connectivity index (χ4v) is 0.989. The summed E-state index contributed by atoms with van der Waals surface area (Å²) in [5.41, 5.74) is 5.27. The number of hydrogen-bond donors (Lipinski definition) is 2. The predicted octanol–water partition coefficient (Wildman–Crippen LogP) is 1.56. The first-order valence-electron chi connectivity index (χ1n) is 4.44. The SMILES string of the molecule is Cc1cc(F)c(NC(=O)[C@H](C)N)cc1F. The third kappa shape index (κ3) is 2.73. The van der Waals surface area contributed by atoms with Crippen molar-refractivity contribution < 1.29 is 13.6 Å². The van der Waals surface area contributed by atoms with Crippen LogP contribution < -0.4 is 11.1 Å². The monoisotopic (exact) mass is 214 g/mol. The molecule has 0 aliphatic rings. The van der Waals surface area contributed by atoms with Gasteiger partial charge in [0.05, 0.1) is 11.7 Å². The van der Waals surface area contributed by atoms with Gasteiger partial charge in [-0.2, -0.15) is 0 Å². The highest BCUT2D eigenvalue weighted by atomic mass is 19.1. The minimum Gasteiger partial charge on any atom is -0.322 e. The summed E-state index contributed by atoms with van der Waals surface area (Å²) in [5, 5.41) is 2.20. The minimum atomic E-state index is -0.770. The van der Waals surface area contributed by atoms with Gasteiger partial charge in [-0.3, -0.25) is 4.79 Å². The average molecular weight is 214 g/mol. The van der Waals surface area contributed by atoms with E-state index >= 15 is 0 Å². The maximum absolute atomic E-state index is 13.2. The van der Waals surface area contributed by atoms with Crippen LogP contribution in [0.15, 0.2) is 12.1 Å². The molecular formula is C10H12F2N2O. The van der Waals surface area contributed by atoms with Crippen LogP contribution in [0.2, 0.25) is 0 Å². The van der Waals surface area contributed by atoms with Crippen molar-refractivity contribution in [2.45, 2.75) is 19.9 Å². The van der Waals surface area contributed by atoms with Gasteiger partial charge in [0.15, 0.2) is 0 Å². The van der Waals surface area contributed by atoms with Gasteiger partial charge in [-0.25, -0.2) is 8.78 Å². The second-order valence-corrected chi connectivity index (χ2v) is 3.36. The Morgan fingerprint density at radius 1 is 1.40 bits per heavy atom. The Morgan fingerprint density at radius 3 is 2.53 bits per heavy atom. The highest BCUT2D eigenvalue weighted by Crippen LogP contribution is 2.18. The largest absolute Gasteiger partial charge is 0.322 e. The van der Waals surface area contributed by atoms with E-state index in [4.69, 9.17) is 5.73 Å². The Hall–Kier alpha value is -1.49. The van der Waals surface area contributed by atoms with E-state index in [0.29, 0.717) is 0 Å². The molecule has 0 saturated heterocycles. The maximum atomic E-state index is 13.2. The lowest BCUT2D eigenvalue weighted by Crippen LogP contribution is -2.32. The number of carbonyl (C=O) groups excluding carboxylic acids is 1. The average Bonchev–Trinajstić information content (AvgIpc) is 2.13. The van der Waals surface area contributed by atoms with Gasteiger partial charge in [0, 0.05) is 6.07 Å². The van der Waals surface area contributed by atoms with E-state index in [0.717, 1.165) is 12.1 Å². The molecule has 15 heavy (non-hydrogen) atoms. The fraction of sp³-hybridized carbons (Fsp3) is 0.300. The molecule has 0 bridgehead atoms. The second kappa shape index (κ2) is 4.35. The topological polar surface area (TPSA) is 55.1 Å². The molecule has 0 spiro atoms. The molecule has 0 fully saturated rings. The molecule has 0 saturated carbocycles. The highest BCUT2D eigenvalue weighted by molar-refractivity contribution is 5.94. The minimum absolute atomic E-state index is 0.186. The Kier molecular flexibility index (Phi) is 3.36. The number of carbonyl (C=O) groups is 1. The van der Waals surface area contributed by atoms with Crippen molar-refractivity contribution in [2.24, 2.45) is 5.73 Å². The van der Waals surface area contributed by atoms with Crippen molar-refractivity contribution in [1.29, 1.82) is 0 Å². The summed E-state index contributed by atoms with van der Waals surface area (Å²) in [6.07, 6.45) is 0. The van der Waals surface area contributed by atoms with Gasteiger partial charge in [-0.15, -0.1) is 0 Å². The van der Waals surface area contributed by atoms with E-state index in [1.807, 2.05) is 0 Å². The number of anilines is 1. The van der Waals surface area contributed by atoms with Gasteiger partial charge in [-0.1, -0.05) is 0 Å². The van der Waals surface area contributed by atoms with Crippen LogP contribution in [0.3, 0.4) is 0 Å². The van der Waals surface area contributed by atoms with Crippen LogP contribution >= 0.6 is 0 Å². The molecule has 1 aromatic carbocycles. The number of amides is 1. The Bertz CT molecular complexity index is 391. The van der Waals surface area contributed by atoms with E-state index < -0.39 is 23.6 Å². The van der Waals surface area contributed by atoms with Gasteiger partial charge < -0.3 is 11.1 Å². The van der Waals surface area contributed by atoms with Crippen LogP contribution in [0.4, 0.5) is 14.5 Å². The van der Waals surface area contributed by atoms with Gasteiger partial charge in [0.1, 0.15) is 11.6 Å². The molecule has 1 rings (SSSR count). The van der Waals surface area contributed by atoms with Crippen LogP contribution in [0.5, 0.6) is 0 Å². The van der Waals surface area contributed by atoms with Gasteiger partial charge in [0.2, 0.25) is 5.91 Å². The van der Waals surface area contributed by atoms with E-state index in [9.17, 15) is 13.6 Å². The van der Waals surface area contributed by atoms with Crippen molar-refractivity contribution in [3.05, 3.63) is 29.3 Å². The summed E-state index contributed by atoms with van der Waals surface area (Å²) in [6, 6.07) is 1.19. The van der Waals surface area contributed by atoms with Crippen LogP contribution in [0.1, 0.15) is 12.5 Å². The van der Waals surface area contributed by atoms with Crippen molar-refractivity contribution in [3.63, 3.8) is 0 Å². The van der Waals surface area contributed by atoms with Crippen molar-refractivity contribution in [2.75, 3.05) is 5.32 Å². The predicted molar refractivity (Wildman–Crippen MR) is 53.4 cm³/mol. The lowest BCUT2D eigenvalue weighted by molar-refractivity contribution is -0.117. The summed E-state index contributed by atoms with van der Waals surface area (Å²) >= 11 is 0. The summed E-state index contributed by atoms with van der Waals surface area (Å²) in [4.78, 5) is 11.1. The summed E-state index contributed by atoms with van der Waals surface area (Å²) in [6.45, 7) is 2.90. The van der Waals surface area contributed by atoms with Crippen LogP contribution in [0.25, 0.3) is 0 Å². The van der Waals surface area contributed by atoms with Crippen molar-refractivity contribution in [3.8, 4) is 0 Å². The van der Waals surface area contributed by atoms with E-state index in [-0.39, 0.29) is 11.3 Å². The molecular weight excluding hydrogens is 202 g/mol. The van der Waals surface area contributed by atoms with Crippen LogP contribution in [-0.4, -0.2) is 11.9 Å². The first-order chi connectivity index (χ1) is 6.91. The molecule has 1 atom stereocenters. The number of rotatable bonds is 2. The van der Waals surface area contributed by atoms with Crippen LogP contribution in [-0.2, 0) is 4.79 Å².